The molecule has 1 saturated carbocycles. The lowest BCUT2D eigenvalue weighted by atomic mass is 9.84. The molecular formula is C13H26N2O. The van der Waals surface area contributed by atoms with Gasteiger partial charge in [-0.1, -0.05) is 13.3 Å². The Morgan fingerprint density at radius 3 is 2.69 bits per heavy atom. The van der Waals surface area contributed by atoms with E-state index in [9.17, 15) is 5.11 Å². The molecular weight excluding hydrogens is 200 g/mol. The standard InChI is InChI=1S/C13H26N2O/c1-2-13(16)7-10-6-11(14)9-15(8-10)12-4-3-5-12/h10-13,16H,2-9,14H2,1H3. The lowest BCUT2D eigenvalue weighted by Gasteiger charge is -2.44. The first-order valence-corrected chi connectivity index (χ1v) is 6.86. The van der Waals surface area contributed by atoms with Gasteiger partial charge in [-0.3, -0.25) is 4.90 Å². The molecule has 3 atom stereocenters. The van der Waals surface area contributed by atoms with E-state index in [4.69, 9.17) is 5.73 Å². The van der Waals surface area contributed by atoms with Crippen LogP contribution in [0, 0.1) is 5.92 Å². The van der Waals surface area contributed by atoms with Gasteiger partial charge in [0.05, 0.1) is 6.10 Å². The molecule has 1 heterocycles. The van der Waals surface area contributed by atoms with Crippen LogP contribution in [0.5, 0.6) is 0 Å². The Bertz CT molecular complexity index is 218. The number of likely N-dealkylation sites (tertiary alicyclic amines) is 1. The molecule has 2 rings (SSSR count). The summed E-state index contributed by atoms with van der Waals surface area (Å²) in [5.74, 6) is 0.610. The zero-order valence-corrected chi connectivity index (χ0v) is 10.4. The summed E-state index contributed by atoms with van der Waals surface area (Å²) in [4.78, 5) is 2.57. The third-order valence-electron chi connectivity index (χ3n) is 4.27. The van der Waals surface area contributed by atoms with Crippen molar-refractivity contribution in [3.8, 4) is 0 Å². The molecule has 0 bridgehead atoms. The molecule has 0 aromatic heterocycles. The van der Waals surface area contributed by atoms with E-state index in [0.717, 1.165) is 38.4 Å². The van der Waals surface area contributed by atoms with Gasteiger partial charge in [-0.25, -0.2) is 0 Å². The van der Waals surface area contributed by atoms with E-state index in [2.05, 4.69) is 11.8 Å². The quantitative estimate of drug-likeness (QED) is 0.761. The predicted octanol–water partition coefficient (Wildman–Crippen LogP) is 1.35. The van der Waals surface area contributed by atoms with Crippen molar-refractivity contribution in [2.75, 3.05) is 13.1 Å². The van der Waals surface area contributed by atoms with Crippen LogP contribution in [-0.2, 0) is 0 Å². The average molecular weight is 226 g/mol. The zero-order chi connectivity index (χ0) is 11.5. The van der Waals surface area contributed by atoms with Gasteiger partial charge in [-0.05, 0) is 38.0 Å². The molecule has 0 aromatic rings. The summed E-state index contributed by atoms with van der Waals surface area (Å²) in [6.45, 7) is 4.29. The number of aliphatic hydroxyl groups excluding tert-OH is 1. The predicted molar refractivity (Wildman–Crippen MR) is 66.2 cm³/mol. The van der Waals surface area contributed by atoms with Crippen molar-refractivity contribution in [2.45, 2.75) is 63.6 Å². The topological polar surface area (TPSA) is 49.5 Å². The second-order valence-electron chi connectivity index (χ2n) is 5.70. The zero-order valence-electron chi connectivity index (χ0n) is 10.4. The molecule has 0 radical (unpaired) electrons. The Morgan fingerprint density at radius 2 is 2.12 bits per heavy atom. The van der Waals surface area contributed by atoms with Gasteiger partial charge >= 0.3 is 0 Å². The van der Waals surface area contributed by atoms with Crippen molar-refractivity contribution >= 4 is 0 Å². The van der Waals surface area contributed by atoms with Crippen molar-refractivity contribution in [1.82, 2.24) is 4.90 Å². The van der Waals surface area contributed by atoms with Gasteiger partial charge in [0, 0.05) is 25.2 Å². The summed E-state index contributed by atoms with van der Waals surface area (Å²) < 4.78 is 0. The fourth-order valence-electron chi connectivity index (χ4n) is 3.06. The Balaban J connectivity index is 1.83. The average Bonchev–Trinajstić information content (AvgIpc) is 2.13. The van der Waals surface area contributed by atoms with Gasteiger partial charge in [0.2, 0.25) is 0 Å². The Labute approximate surface area is 99.0 Å². The summed E-state index contributed by atoms with van der Waals surface area (Å²) in [5, 5.41) is 9.73. The molecule has 2 aliphatic rings. The fourth-order valence-corrected chi connectivity index (χ4v) is 3.06. The van der Waals surface area contributed by atoms with Crippen LogP contribution in [0.4, 0.5) is 0 Å². The van der Waals surface area contributed by atoms with E-state index >= 15 is 0 Å². The molecule has 0 amide bonds. The van der Waals surface area contributed by atoms with E-state index in [0.29, 0.717) is 12.0 Å². The number of hydrogen-bond acceptors (Lipinski definition) is 3. The highest BCUT2D eigenvalue weighted by atomic mass is 16.3. The molecule has 3 unspecified atom stereocenters. The molecule has 1 aliphatic carbocycles. The molecule has 0 spiro atoms. The monoisotopic (exact) mass is 226 g/mol. The smallest absolute Gasteiger partial charge is 0.0540 e. The molecule has 3 N–H and O–H groups in total. The van der Waals surface area contributed by atoms with Crippen LogP contribution in [0.3, 0.4) is 0 Å². The maximum Gasteiger partial charge on any atom is 0.0540 e. The fraction of sp³-hybridized carbons (Fsp3) is 1.00. The van der Waals surface area contributed by atoms with Gasteiger partial charge in [0.1, 0.15) is 0 Å². The first-order chi connectivity index (χ1) is 7.69. The minimum absolute atomic E-state index is 0.126. The maximum absolute atomic E-state index is 9.73. The lowest BCUT2D eigenvalue weighted by molar-refractivity contribution is 0.0440. The molecule has 94 valence electrons. The largest absolute Gasteiger partial charge is 0.393 e. The highest BCUT2D eigenvalue weighted by Gasteiger charge is 2.32. The third-order valence-corrected chi connectivity index (χ3v) is 4.27. The Kier molecular flexibility index (Phi) is 4.22. The Morgan fingerprint density at radius 1 is 1.38 bits per heavy atom. The van der Waals surface area contributed by atoms with Crippen LogP contribution in [0.25, 0.3) is 0 Å². The van der Waals surface area contributed by atoms with Crippen molar-refractivity contribution in [2.24, 2.45) is 11.7 Å². The second kappa shape index (κ2) is 5.48. The van der Waals surface area contributed by atoms with E-state index in [1.165, 1.54) is 19.3 Å². The highest BCUT2D eigenvalue weighted by Crippen LogP contribution is 2.30. The number of piperidine rings is 1. The van der Waals surface area contributed by atoms with Gasteiger partial charge in [0.25, 0.3) is 0 Å². The van der Waals surface area contributed by atoms with Gasteiger partial charge < -0.3 is 10.8 Å². The lowest BCUT2D eigenvalue weighted by Crippen LogP contribution is -2.53. The molecule has 3 nitrogen and oxygen atoms in total. The van der Waals surface area contributed by atoms with Crippen molar-refractivity contribution < 1.29 is 5.11 Å². The van der Waals surface area contributed by atoms with E-state index < -0.39 is 0 Å². The van der Waals surface area contributed by atoms with Gasteiger partial charge in [-0.15, -0.1) is 0 Å². The SMILES string of the molecule is CCC(O)CC1CC(N)CN(C2CCC2)C1. The first-order valence-electron chi connectivity index (χ1n) is 6.86. The third kappa shape index (κ3) is 2.96. The van der Waals surface area contributed by atoms with Crippen LogP contribution >= 0.6 is 0 Å². The van der Waals surface area contributed by atoms with E-state index in [-0.39, 0.29) is 6.10 Å². The summed E-state index contributed by atoms with van der Waals surface area (Å²) in [5.41, 5.74) is 6.13. The molecule has 2 fully saturated rings. The van der Waals surface area contributed by atoms with Crippen LogP contribution in [0.15, 0.2) is 0 Å². The van der Waals surface area contributed by atoms with Gasteiger partial charge in [0.15, 0.2) is 0 Å². The van der Waals surface area contributed by atoms with E-state index in [1.54, 1.807) is 0 Å². The first kappa shape index (κ1) is 12.3. The number of rotatable bonds is 4. The molecule has 1 saturated heterocycles. The van der Waals surface area contributed by atoms with Crippen LogP contribution in [0.1, 0.15) is 45.4 Å². The normalized spacial score (nSPS) is 34.7. The summed E-state index contributed by atoms with van der Waals surface area (Å²) in [7, 11) is 0. The summed E-state index contributed by atoms with van der Waals surface area (Å²) >= 11 is 0. The van der Waals surface area contributed by atoms with Crippen LogP contribution in [-0.4, -0.2) is 41.3 Å². The minimum Gasteiger partial charge on any atom is -0.393 e. The Hall–Kier alpha value is -0.120. The van der Waals surface area contributed by atoms with E-state index in [1.807, 2.05) is 0 Å². The maximum atomic E-state index is 9.73. The van der Waals surface area contributed by atoms with Crippen LogP contribution < -0.4 is 5.73 Å². The molecule has 16 heavy (non-hydrogen) atoms. The van der Waals surface area contributed by atoms with Crippen molar-refractivity contribution in [1.29, 1.82) is 0 Å². The van der Waals surface area contributed by atoms with Crippen LogP contribution in [0.2, 0.25) is 0 Å². The summed E-state index contributed by atoms with van der Waals surface area (Å²) in [6, 6.07) is 1.12. The van der Waals surface area contributed by atoms with Crippen molar-refractivity contribution in [3.05, 3.63) is 0 Å². The number of hydrogen-bond donors (Lipinski definition) is 2. The summed E-state index contributed by atoms with van der Waals surface area (Å²) in [6.07, 6.45) is 6.88. The second-order valence-corrected chi connectivity index (χ2v) is 5.70. The minimum atomic E-state index is -0.126. The van der Waals surface area contributed by atoms with Gasteiger partial charge in [-0.2, -0.15) is 0 Å². The van der Waals surface area contributed by atoms with Crippen molar-refractivity contribution in [3.63, 3.8) is 0 Å². The highest BCUT2D eigenvalue weighted by molar-refractivity contribution is 4.89. The number of nitrogens with two attached hydrogens (primary N) is 1. The number of nitrogens with zero attached hydrogens (tertiary/aromatic N) is 1. The molecule has 1 aliphatic heterocycles. The number of aliphatic hydroxyl groups is 1. The molecule has 3 heteroatoms. The molecule has 0 aromatic carbocycles.